The molecule has 6 heteroatoms. The minimum atomic E-state index is -3.62. The molecule has 0 fully saturated rings. The number of rotatable bonds is 13. The Balaban J connectivity index is 2.04. The Morgan fingerprint density at radius 2 is 1.29 bits per heavy atom. The van der Waals surface area contributed by atoms with Gasteiger partial charge in [0.15, 0.2) is 8.32 Å². The SMILES string of the molecule is Cc1ccc(S(=O)(=O)OCCCCCCCCCO[Si](C)(C)C(C)(C)C)cc1. The summed E-state index contributed by atoms with van der Waals surface area (Å²) in [6, 6.07) is 6.76. The molecule has 0 heterocycles. The molecular weight excluding hydrogens is 388 g/mol. The summed E-state index contributed by atoms with van der Waals surface area (Å²) in [6.07, 6.45) is 7.63. The smallest absolute Gasteiger partial charge is 0.296 e. The molecule has 0 amide bonds. The summed E-state index contributed by atoms with van der Waals surface area (Å²) in [5, 5.41) is 0.280. The molecule has 4 nitrogen and oxygen atoms in total. The molecule has 0 bridgehead atoms. The summed E-state index contributed by atoms with van der Waals surface area (Å²) in [5.74, 6) is 0. The lowest BCUT2D eigenvalue weighted by Gasteiger charge is -2.36. The topological polar surface area (TPSA) is 52.6 Å². The highest BCUT2D eigenvalue weighted by Gasteiger charge is 2.36. The average Bonchev–Trinajstić information content (AvgIpc) is 2.59. The average molecular weight is 429 g/mol. The quantitative estimate of drug-likeness (QED) is 0.206. The third-order valence-corrected chi connectivity index (χ3v) is 11.5. The van der Waals surface area contributed by atoms with E-state index < -0.39 is 18.4 Å². The van der Waals surface area contributed by atoms with Crippen molar-refractivity contribution in [3.8, 4) is 0 Å². The largest absolute Gasteiger partial charge is 0.417 e. The second kappa shape index (κ2) is 11.5. The van der Waals surface area contributed by atoms with Crippen LogP contribution in [0.3, 0.4) is 0 Å². The van der Waals surface area contributed by atoms with Crippen LogP contribution in [0.1, 0.15) is 71.3 Å². The minimum absolute atomic E-state index is 0.234. The van der Waals surface area contributed by atoms with E-state index in [1.165, 1.54) is 19.3 Å². The van der Waals surface area contributed by atoms with Crippen molar-refractivity contribution in [3.05, 3.63) is 29.8 Å². The monoisotopic (exact) mass is 428 g/mol. The first-order valence-electron chi connectivity index (χ1n) is 10.6. The maximum absolute atomic E-state index is 12.1. The summed E-state index contributed by atoms with van der Waals surface area (Å²) in [4.78, 5) is 0.234. The van der Waals surface area contributed by atoms with Crippen LogP contribution in [0.15, 0.2) is 29.2 Å². The molecule has 162 valence electrons. The molecule has 0 unspecified atom stereocenters. The van der Waals surface area contributed by atoms with Gasteiger partial charge in [-0.15, -0.1) is 0 Å². The predicted molar refractivity (Wildman–Crippen MR) is 120 cm³/mol. The Morgan fingerprint density at radius 3 is 1.79 bits per heavy atom. The van der Waals surface area contributed by atoms with Crippen LogP contribution in [0.2, 0.25) is 18.1 Å². The zero-order valence-electron chi connectivity index (χ0n) is 18.7. The van der Waals surface area contributed by atoms with E-state index in [-0.39, 0.29) is 16.5 Å². The van der Waals surface area contributed by atoms with Gasteiger partial charge in [0.05, 0.1) is 11.5 Å². The Bertz CT molecular complexity index is 661. The van der Waals surface area contributed by atoms with E-state index in [0.29, 0.717) is 0 Å². The molecule has 1 aromatic rings. The zero-order chi connectivity index (χ0) is 21.3. The van der Waals surface area contributed by atoms with Crippen molar-refractivity contribution in [1.29, 1.82) is 0 Å². The summed E-state index contributed by atoms with van der Waals surface area (Å²) in [5.41, 5.74) is 1.03. The van der Waals surface area contributed by atoms with E-state index in [9.17, 15) is 8.42 Å². The van der Waals surface area contributed by atoms with Crippen LogP contribution >= 0.6 is 0 Å². The highest BCUT2D eigenvalue weighted by Crippen LogP contribution is 2.36. The van der Waals surface area contributed by atoms with Crippen LogP contribution in [0.25, 0.3) is 0 Å². The van der Waals surface area contributed by atoms with Crippen molar-refractivity contribution in [2.45, 2.75) is 95.7 Å². The first kappa shape index (κ1) is 25.3. The lowest BCUT2D eigenvalue weighted by molar-refractivity contribution is 0.277. The molecule has 28 heavy (non-hydrogen) atoms. The third-order valence-electron chi connectivity index (χ3n) is 5.61. The van der Waals surface area contributed by atoms with Gasteiger partial charge in [-0.25, -0.2) is 0 Å². The van der Waals surface area contributed by atoms with Crippen molar-refractivity contribution in [3.63, 3.8) is 0 Å². The zero-order valence-corrected chi connectivity index (χ0v) is 20.5. The fourth-order valence-electron chi connectivity index (χ4n) is 2.57. The van der Waals surface area contributed by atoms with Crippen LogP contribution in [-0.2, 0) is 18.7 Å². The Hall–Kier alpha value is -0.693. The molecule has 0 aliphatic heterocycles. The van der Waals surface area contributed by atoms with E-state index in [4.69, 9.17) is 8.61 Å². The van der Waals surface area contributed by atoms with Crippen molar-refractivity contribution in [1.82, 2.24) is 0 Å². The van der Waals surface area contributed by atoms with Crippen LogP contribution in [0.4, 0.5) is 0 Å². The van der Waals surface area contributed by atoms with Crippen LogP contribution < -0.4 is 0 Å². The number of benzene rings is 1. The van der Waals surface area contributed by atoms with Gasteiger partial charge < -0.3 is 4.43 Å². The summed E-state index contributed by atoms with van der Waals surface area (Å²) in [7, 11) is -5.22. The second-order valence-corrected chi connectivity index (χ2v) is 15.6. The fraction of sp³-hybridized carbons (Fsp3) is 0.727. The highest BCUT2D eigenvalue weighted by atomic mass is 32.2. The number of hydrogen-bond donors (Lipinski definition) is 0. The molecule has 0 aromatic heterocycles. The fourth-order valence-corrected chi connectivity index (χ4v) is 4.60. The lowest BCUT2D eigenvalue weighted by Crippen LogP contribution is -2.40. The van der Waals surface area contributed by atoms with E-state index >= 15 is 0 Å². The van der Waals surface area contributed by atoms with E-state index in [2.05, 4.69) is 33.9 Å². The van der Waals surface area contributed by atoms with Gasteiger partial charge in [-0.2, -0.15) is 8.42 Å². The predicted octanol–water partition coefficient (Wildman–Crippen LogP) is 6.45. The second-order valence-electron chi connectivity index (χ2n) is 9.17. The molecule has 0 N–H and O–H groups in total. The van der Waals surface area contributed by atoms with Crippen molar-refractivity contribution >= 4 is 18.4 Å². The van der Waals surface area contributed by atoms with Crippen molar-refractivity contribution in [2.75, 3.05) is 13.2 Å². The maximum atomic E-state index is 12.1. The van der Waals surface area contributed by atoms with E-state index in [1.54, 1.807) is 24.3 Å². The van der Waals surface area contributed by atoms with Gasteiger partial charge in [0.1, 0.15) is 0 Å². The molecule has 1 rings (SSSR count). The van der Waals surface area contributed by atoms with Crippen molar-refractivity contribution < 1.29 is 17.0 Å². The molecule has 0 saturated carbocycles. The molecule has 0 atom stereocenters. The molecule has 0 aliphatic carbocycles. The molecule has 0 aliphatic rings. The van der Waals surface area contributed by atoms with Gasteiger partial charge in [0, 0.05) is 6.61 Å². The van der Waals surface area contributed by atoms with Gasteiger partial charge in [-0.05, 0) is 50.0 Å². The molecule has 0 radical (unpaired) electrons. The number of unbranched alkanes of at least 4 members (excludes halogenated alkanes) is 6. The van der Waals surface area contributed by atoms with Gasteiger partial charge in [-0.3, -0.25) is 4.18 Å². The summed E-state index contributed by atoms with van der Waals surface area (Å²) >= 11 is 0. The summed E-state index contributed by atoms with van der Waals surface area (Å²) < 4.78 is 35.5. The normalized spacial score (nSPS) is 13.1. The van der Waals surface area contributed by atoms with Gasteiger partial charge in [0.25, 0.3) is 10.1 Å². The van der Waals surface area contributed by atoms with Gasteiger partial charge in [-0.1, -0.05) is 70.6 Å². The first-order chi connectivity index (χ1) is 13.0. The van der Waals surface area contributed by atoms with Gasteiger partial charge in [0.2, 0.25) is 0 Å². The van der Waals surface area contributed by atoms with E-state index in [1.807, 2.05) is 6.92 Å². The van der Waals surface area contributed by atoms with E-state index in [0.717, 1.165) is 37.9 Å². The standard InChI is InChI=1S/C22H40O4SSi/c1-20-14-16-21(17-15-20)27(23,24)25-18-12-10-8-7-9-11-13-19-26-28(5,6)22(2,3)4/h14-17H,7-13,18-19H2,1-6H3. The van der Waals surface area contributed by atoms with Crippen molar-refractivity contribution in [2.24, 2.45) is 0 Å². The maximum Gasteiger partial charge on any atom is 0.296 e. The van der Waals surface area contributed by atoms with Crippen LogP contribution in [0.5, 0.6) is 0 Å². The Labute approximate surface area is 174 Å². The number of aryl methyl sites for hydroxylation is 1. The Morgan fingerprint density at radius 1 is 0.821 bits per heavy atom. The third kappa shape index (κ3) is 9.20. The molecule has 1 aromatic carbocycles. The first-order valence-corrected chi connectivity index (χ1v) is 14.9. The molecule has 0 spiro atoms. The molecule has 0 saturated heterocycles. The van der Waals surface area contributed by atoms with Gasteiger partial charge >= 0.3 is 0 Å². The summed E-state index contributed by atoms with van der Waals surface area (Å²) in [6.45, 7) is 14.5. The number of hydrogen-bond acceptors (Lipinski definition) is 4. The Kier molecular flexibility index (Phi) is 10.4. The van der Waals surface area contributed by atoms with Crippen LogP contribution in [-0.4, -0.2) is 29.9 Å². The molecular formula is C22H40O4SSi. The minimum Gasteiger partial charge on any atom is -0.417 e. The van der Waals surface area contributed by atoms with Crippen LogP contribution in [0, 0.1) is 6.92 Å². The lowest BCUT2D eigenvalue weighted by atomic mass is 10.1. The highest BCUT2D eigenvalue weighted by molar-refractivity contribution is 7.86.